The molecule has 0 bridgehead atoms. The van der Waals surface area contributed by atoms with Crippen molar-refractivity contribution >= 4 is 28.3 Å². The maximum absolute atomic E-state index is 13.3. The first kappa shape index (κ1) is 37.2. The lowest BCUT2D eigenvalue weighted by Gasteiger charge is -2.43. The number of ketones is 1. The molecule has 6 atom stereocenters. The van der Waals surface area contributed by atoms with Crippen LogP contribution >= 0.6 is 0 Å². The molecule has 0 saturated heterocycles. The maximum Gasteiger partial charge on any atom is 0.222 e. The van der Waals surface area contributed by atoms with Crippen molar-refractivity contribution in [2.45, 2.75) is 156 Å². The van der Waals surface area contributed by atoms with Crippen LogP contribution in [0.2, 0.25) is 36.3 Å². The van der Waals surface area contributed by atoms with Crippen LogP contribution in [0.5, 0.6) is 0 Å². The van der Waals surface area contributed by atoms with E-state index in [1.54, 1.807) is 0 Å². The van der Waals surface area contributed by atoms with Crippen molar-refractivity contribution in [2.75, 3.05) is 6.54 Å². The average molecular weight is 620 g/mol. The number of carbonyl (C=O) groups excluding carboxylic acids is 2. The lowest BCUT2D eigenvalue weighted by atomic mass is 9.66. The lowest BCUT2D eigenvalue weighted by Crippen LogP contribution is -2.48. The summed E-state index contributed by atoms with van der Waals surface area (Å²) in [6, 6.07) is 0. The summed E-state index contributed by atoms with van der Waals surface area (Å²) in [5.41, 5.74) is 1.21. The van der Waals surface area contributed by atoms with E-state index in [-0.39, 0.29) is 40.0 Å². The fourth-order valence-corrected chi connectivity index (χ4v) is 8.61. The number of hydrogen-bond donors (Lipinski definition) is 1. The Kier molecular flexibility index (Phi) is 13.1. The Morgan fingerprint density at radius 3 is 2.12 bits per heavy atom. The molecule has 0 aliphatic heterocycles. The second kappa shape index (κ2) is 14.8. The molecule has 0 aromatic carbocycles. The number of rotatable bonds is 14. The van der Waals surface area contributed by atoms with Crippen LogP contribution in [-0.2, 0) is 18.4 Å². The molecule has 1 amide bonds. The van der Waals surface area contributed by atoms with Gasteiger partial charge in [-0.15, -0.1) is 0 Å². The molecule has 0 saturated carbocycles. The molecule has 0 radical (unpaired) electrons. The van der Waals surface area contributed by atoms with Gasteiger partial charge in [0.05, 0.1) is 12.5 Å². The van der Waals surface area contributed by atoms with Gasteiger partial charge in [-0.25, -0.2) is 0 Å². The van der Waals surface area contributed by atoms with Crippen LogP contribution in [0.3, 0.4) is 0 Å². The molecule has 1 N–H and O–H groups in total. The van der Waals surface area contributed by atoms with Gasteiger partial charge < -0.3 is 14.2 Å². The number of Topliss-reactive ketones (excluding diaryl/α,β-unsaturated/α-hetero) is 1. The van der Waals surface area contributed by atoms with Crippen LogP contribution in [0, 0.1) is 23.7 Å². The molecule has 0 unspecified atom stereocenters. The molecular formula is C35H65NO4Si2. The van der Waals surface area contributed by atoms with Gasteiger partial charge in [-0.2, -0.15) is 0 Å². The molecule has 2 aliphatic rings. The summed E-state index contributed by atoms with van der Waals surface area (Å²) in [5.74, 6) is 1.41. The van der Waals surface area contributed by atoms with E-state index in [1.807, 2.05) is 0 Å². The molecule has 0 fully saturated rings. The van der Waals surface area contributed by atoms with E-state index in [4.69, 9.17) is 8.85 Å². The normalized spacial score (nSPS) is 25.1. The summed E-state index contributed by atoms with van der Waals surface area (Å²) in [6.07, 6.45) is 12.1. The monoisotopic (exact) mass is 619 g/mol. The van der Waals surface area contributed by atoms with Gasteiger partial charge in [0, 0.05) is 25.0 Å². The number of amides is 1. The van der Waals surface area contributed by atoms with E-state index in [1.165, 1.54) is 5.57 Å². The maximum atomic E-state index is 13.3. The van der Waals surface area contributed by atoms with Crippen molar-refractivity contribution in [3.8, 4) is 0 Å². The van der Waals surface area contributed by atoms with Gasteiger partial charge in [-0.3, -0.25) is 9.59 Å². The van der Waals surface area contributed by atoms with Gasteiger partial charge in [0.1, 0.15) is 5.78 Å². The first-order chi connectivity index (χ1) is 19.2. The first-order valence-electron chi connectivity index (χ1n) is 16.7. The molecule has 0 aromatic heterocycles. The SMILES string of the molecule is CCCCNC(=O)C[C@@H](C[C@@H](CC[C@@H]1[C@H]2C(=O)C[C@@H](C)C=C2C=C[C@@H]1C)O[Si](C)(C)C(C)(C)C)O[Si](C)(C)C(C)(C)C. The number of nitrogens with one attached hydrogen (secondary N) is 1. The predicted octanol–water partition coefficient (Wildman–Crippen LogP) is 9.22. The summed E-state index contributed by atoms with van der Waals surface area (Å²) < 4.78 is 14.1. The van der Waals surface area contributed by atoms with Crippen LogP contribution in [-0.4, -0.2) is 47.1 Å². The van der Waals surface area contributed by atoms with E-state index in [0.29, 0.717) is 43.4 Å². The molecule has 0 heterocycles. The van der Waals surface area contributed by atoms with E-state index in [9.17, 15) is 9.59 Å². The molecule has 0 spiro atoms. The number of hydrogen-bond acceptors (Lipinski definition) is 4. The van der Waals surface area contributed by atoms with E-state index in [2.05, 4.69) is 112 Å². The third-order valence-electron chi connectivity index (χ3n) is 10.6. The topological polar surface area (TPSA) is 64.6 Å². The Morgan fingerprint density at radius 2 is 1.57 bits per heavy atom. The van der Waals surface area contributed by atoms with Gasteiger partial charge in [0.2, 0.25) is 5.91 Å². The highest BCUT2D eigenvalue weighted by Crippen LogP contribution is 2.44. The second-order valence-corrected chi connectivity index (χ2v) is 25.9. The van der Waals surface area contributed by atoms with Crippen LogP contribution in [0.1, 0.15) is 107 Å². The molecule has 2 aliphatic carbocycles. The largest absolute Gasteiger partial charge is 0.414 e. The zero-order valence-corrected chi connectivity index (χ0v) is 31.5. The van der Waals surface area contributed by atoms with Gasteiger partial charge in [0.25, 0.3) is 0 Å². The minimum Gasteiger partial charge on any atom is -0.414 e. The molecule has 7 heteroatoms. The zero-order valence-electron chi connectivity index (χ0n) is 29.5. The number of fused-ring (bicyclic) bond motifs is 1. The summed E-state index contributed by atoms with van der Waals surface area (Å²) in [6.45, 7) is 30.1. The third-order valence-corrected chi connectivity index (χ3v) is 19.6. The van der Waals surface area contributed by atoms with Crippen molar-refractivity contribution < 1.29 is 18.4 Å². The molecular weight excluding hydrogens is 555 g/mol. The van der Waals surface area contributed by atoms with E-state index >= 15 is 0 Å². The Bertz CT molecular complexity index is 972. The van der Waals surface area contributed by atoms with Crippen LogP contribution in [0.15, 0.2) is 23.8 Å². The van der Waals surface area contributed by atoms with Gasteiger partial charge >= 0.3 is 0 Å². The Balaban J connectivity index is 2.35. The summed E-state index contributed by atoms with van der Waals surface area (Å²) in [4.78, 5) is 26.4. The highest BCUT2D eigenvalue weighted by Gasteiger charge is 2.44. The van der Waals surface area contributed by atoms with E-state index < -0.39 is 16.6 Å². The number of carbonyl (C=O) groups is 2. The Morgan fingerprint density at radius 1 is 1.00 bits per heavy atom. The highest BCUT2D eigenvalue weighted by molar-refractivity contribution is 6.74. The molecule has 5 nitrogen and oxygen atoms in total. The number of allylic oxidation sites excluding steroid dienone is 4. The van der Waals surface area contributed by atoms with Crippen molar-refractivity contribution in [1.29, 1.82) is 0 Å². The minimum absolute atomic E-state index is 0.00153. The number of unbranched alkanes of at least 4 members (excludes halogenated alkanes) is 1. The van der Waals surface area contributed by atoms with Crippen molar-refractivity contribution in [2.24, 2.45) is 23.7 Å². The summed E-state index contributed by atoms with van der Waals surface area (Å²) in [7, 11) is -4.22. The van der Waals surface area contributed by atoms with Crippen molar-refractivity contribution in [3.63, 3.8) is 0 Å². The fraction of sp³-hybridized carbons (Fsp3) is 0.829. The first-order valence-corrected chi connectivity index (χ1v) is 22.5. The van der Waals surface area contributed by atoms with Gasteiger partial charge in [0.15, 0.2) is 16.6 Å². The van der Waals surface area contributed by atoms with Crippen molar-refractivity contribution in [3.05, 3.63) is 23.8 Å². The van der Waals surface area contributed by atoms with E-state index in [0.717, 1.165) is 25.7 Å². The molecule has 42 heavy (non-hydrogen) atoms. The zero-order chi connectivity index (χ0) is 32.1. The minimum atomic E-state index is -2.13. The molecule has 2 rings (SSSR count). The Hall–Kier alpha value is -1.03. The van der Waals surface area contributed by atoms with Crippen LogP contribution in [0.25, 0.3) is 0 Å². The average Bonchev–Trinajstić information content (AvgIpc) is 2.81. The van der Waals surface area contributed by atoms with Crippen LogP contribution in [0.4, 0.5) is 0 Å². The Labute approximate surface area is 261 Å². The quantitative estimate of drug-likeness (QED) is 0.155. The summed E-state index contributed by atoms with van der Waals surface area (Å²) in [5, 5.41) is 3.25. The van der Waals surface area contributed by atoms with Crippen LogP contribution < -0.4 is 5.32 Å². The molecule has 242 valence electrons. The standard InChI is InChI=1S/C35H65NO4Si2/c1-14-15-20-36-32(38)24-29(40-42(12,13)35(7,8)9)23-28(39-41(10,11)34(4,5)6)18-19-30-26(3)16-17-27-21-25(2)22-31(37)33(27)30/h16-17,21,25-26,28-30,33H,14-15,18-20,22-24H2,1-13H3,(H,36,38)/t25-,26-,28+,29+,30-,33-/m0/s1. The second-order valence-electron chi connectivity index (χ2n) is 16.4. The van der Waals surface area contributed by atoms with Gasteiger partial charge in [-0.05, 0) is 85.3 Å². The highest BCUT2D eigenvalue weighted by atomic mass is 28.4. The predicted molar refractivity (Wildman–Crippen MR) is 183 cm³/mol. The summed E-state index contributed by atoms with van der Waals surface area (Å²) >= 11 is 0. The van der Waals surface area contributed by atoms with Gasteiger partial charge in [-0.1, -0.05) is 87.0 Å². The van der Waals surface area contributed by atoms with Crippen molar-refractivity contribution in [1.82, 2.24) is 5.32 Å². The lowest BCUT2D eigenvalue weighted by molar-refractivity contribution is -0.125. The smallest absolute Gasteiger partial charge is 0.222 e. The fourth-order valence-electron chi connectivity index (χ4n) is 5.85. The third kappa shape index (κ3) is 10.3. The molecule has 0 aromatic rings.